The van der Waals surface area contributed by atoms with E-state index in [1.165, 1.54) is 18.4 Å². The zero-order valence-electron chi connectivity index (χ0n) is 9.54. The Bertz CT molecular complexity index is 298. The van der Waals surface area contributed by atoms with E-state index in [0.29, 0.717) is 18.4 Å². The summed E-state index contributed by atoms with van der Waals surface area (Å²) < 4.78 is 0. The molecule has 0 aliphatic carbocycles. The number of halogens is 1. The maximum absolute atomic E-state index is 6.19. The SMILES string of the molecule is CCCC(C)C(CN)c1ccccc1Cl. The normalized spacial score (nSPS) is 14.9. The third-order valence-corrected chi connectivity index (χ3v) is 3.33. The van der Waals surface area contributed by atoms with Gasteiger partial charge in [-0.1, -0.05) is 56.5 Å². The predicted octanol–water partition coefficient (Wildman–Crippen LogP) is 3.82. The van der Waals surface area contributed by atoms with Crippen molar-refractivity contribution < 1.29 is 0 Å². The first kappa shape index (κ1) is 12.5. The standard InChI is InChI=1S/C13H20ClN/c1-3-6-10(2)12(9-15)11-7-4-5-8-13(11)14/h4-5,7-8,10,12H,3,6,9,15H2,1-2H3. The minimum absolute atomic E-state index is 0.388. The Labute approximate surface area is 97.6 Å². The summed E-state index contributed by atoms with van der Waals surface area (Å²) in [4.78, 5) is 0. The second-order valence-electron chi connectivity index (χ2n) is 4.13. The highest BCUT2D eigenvalue weighted by atomic mass is 35.5. The van der Waals surface area contributed by atoms with Crippen molar-refractivity contribution in [3.05, 3.63) is 34.9 Å². The van der Waals surface area contributed by atoms with Crippen molar-refractivity contribution >= 4 is 11.6 Å². The van der Waals surface area contributed by atoms with Crippen molar-refractivity contribution in [1.29, 1.82) is 0 Å². The first-order valence-electron chi connectivity index (χ1n) is 5.65. The Hall–Kier alpha value is -0.530. The van der Waals surface area contributed by atoms with E-state index in [1.807, 2.05) is 18.2 Å². The average Bonchev–Trinajstić information content (AvgIpc) is 2.22. The topological polar surface area (TPSA) is 26.0 Å². The molecule has 84 valence electrons. The van der Waals surface area contributed by atoms with E-state index in [-0.39, 0.29) is 0 Å². The summed E-state index contributed by atoms with van der Waals surface area (Å²) in [5, 5.41) is 0.843. The second-order valence-corrected chi connectivity index (χ2v) is 4.54. The quantitative estimate of drug-likeness (QED) is 0.810. The molecule has 0 amide bonds. The minimum atomic E-state index is 0.388. The summed E-state index contributed by atoms with van der Waals surface area (Å²) >= 11 is 6.19. The third-order valence-electron chi connectivity index (χ3n) is 2.99. The highest BCUT2D eigenvalue weighted by molar-refractivity contribution is 6.31. The second kappa shape index (κ2) is 6.14. The van der Waals surface area contributed by atoms with Gasteiger partial charge in [0, 0.05) is 10.9 Å². The van der Waals surface area contributed by atoms with Crippen LogP contribution < -0.4 is 5.73 Å². The van der Waals surface area contributed by atoms with Crippen LogP contribution in [0.4, 0.5) is 0 Å². The highest BCUT2D eigenvalue weighted by Gasteiger charge is 2.18. The van der Waals surface area contributed by atoms with E-state index in [1.54, 1.807) is 0 Å². The maximum Gasteiger partial charge on any atom is 0.0441 e. The van der Waals surface area contributed by atoms with Gasteiger partial charge in [-0.05, 0) is 24.1 Å². The minimum Gasteiger partial charge on any atom is -0.330 e. The van der Waals surface area contributed by atoms with Crippen molar-refractivity contribution in [3.8, 4) is 0 Å². The fraction of sp³-hybridized carbons (Fsp3) is 0.538. The molecule has 0 aliphatic heterocycles. The molecule has 0 aliphatic rings. The van der Waals surface area contributed by atoms with Crippen LogP contribution in [0.2, 0.25) is 5.02 Å². The van der Waals surface area contributed by atoms with Gasteiger partial charge in [-0.25, -0.2) is 0 Å². The monoisotopic (exact) mass is 225 g/mol. The molecule has 1 aromatic carbocycles. The largest absolute Gasteiger partial charge is 0.330 e. The highest BCUT2D eigenvalue weighted by Crippen LogP contribution is 2.31. The Balaban J connectivity index is 2.87. The number of nitrogens with two attached hydrogens (primary N) is 1. The van der Waals surface area contributed by atoms with E-state index in [4.69, 9.17) is 17.3 Å². The fourth-order valence-electron chi connectivity index (χ4n) is 2.10. The molecule has 1 aromatic rings. The van der Waals surface area contributed by atoms with E-state index in [0.717, 1.165) is 5.02 Å². The van der Waals surface area contributed by atoms with Crippen molar-refractivity contribution in [2.24, 2.45) is 11.7 Å². The number of rotatable bonds is 5. The smallest absolute Gasteiger partial charge is 0.0441 e. The molecule has 0 bridgehead atoms. The van der Waals surface area contributed by atoms with Crippen molar-refractivity contribution in [2.45, 2.75) is 32.6 Å². The molecule has 0 saturated carbocycles. The van der Waals surface area contributed by atoms with Crippen LogP contribution in [0.5, 0.6) is 0 Å². The van der Waals surface area contributed by atoms with Crippen LogP contribution in [0.25, 0.3) is 0 Å². The lowest BCUT2D eigenvalue weighted by molar-refractivity contribution is 0.430. The molecule has 2 atom stereocenters. The Morgan fingerprint density at radius 2 is 2.00 bits per heavy atom. The van der Waals surface area contributed by atoms with Crippen LogP contribution in [0.15, 0.2) is 24.3 Å². The third kappa shape index (κ3) is 3.22. The van der Waals surface area contributed by atoms with Gasteiger partial charge >= 0.3 is 0 Å². The van der Waals surface area contributed by atoms with Crippen molar-refractivity contribution in [2.75, 3.05) is 6.54 Å². The van der Waals surface area contributed by atoms with Crippen LogP contribution >= 0.6 is 11.6 Å². The summed E-state index contributed by atoms with van der Waals surface area (Å²) in [5.74, 6) is 0.985. The molecule has 15 heavy (non-hydrogen) atoms. The lowest BCUT2D eigenvalue weighted by Gasteiger charge is -2.23. The number of benzene rings is 1. The lowest BCUT2D eigenvalue weighted by atomic mass is 9.84. The molecule has 0 saturated heterocycles. The Morgan fingerprint density at radius 1 is 1.33 bits per heavy atom. The summed E-state index contributed by atoms with van der Waals surface area (Å²) in [6.07, 6.45) is 2.40. The molecular formula is C13H20ClN. The van der Waals surface area contributed by atoms with Gasteiger partial charge in [0.1, 0.15) is 0 Å². The van der Waals surface area contributed by atoms with E-state index in [9.17, 15) is 0 Å². The van der Waals surface area contributed by atoms with Crippen LogP contribution in [0.3, 0.4) is 0 Å². The zero-order valence-corrected chi connectivity index (χ0v) is 10.3. The number of hydrogen-bond acceptors (Lipinski definition) is 1. The first-order chi connectivity index (χ1) is 7.20. The Morgan fingerprint density at radius 3 is 2.53 bits per heavy atom. The van der Waals surface area contributed by atoms with Gasteiger partial charge < -0.3 is 5.73 Å². The molecule has 2 heteroatoms. The van der Waals surface area contributed by atoms with Crippen LogP contribution in [-0.4, -0.2) is 6.54 Å². The Kier molecular flexibility index (Phi) is 5.13. The summed E-state index contributed by atoms with van der Waals surface area (Å²) in [6.45, 7) is 5.13. The number of hydrogen-bond donors (Lipinski definition) is 1. The zero-order chi connectivity index (χ0) is 11.3. The molecule has 0 fully saturated rings. The van der Waals surface area contributed by atoms with Gasteiger partial charge in [-0.15, -0.1) is 0 Å². The molecule has 2 N–H and O–H groups in total. The molecule has 1 rings (SSSR count). The van der Waals surface area contributed by atoms with E-state index < -0.39 is 0 Å². The van der Waals surface area contributed by atoms with Crippen LogP contribution in [0.1, 0.15) is 38.2 Å². The summed E-state index contributed by atoms with van der Waals surface area (Å²) in [6, 6.07) is 8.02. The maximum atomic E-state index is 6.19. The molecular weight excluding hydrogens is 206 g/mol. The molecule has 0 radical (unpaired) electrons. The van der Waals surface area contributed by atoms with Crippen molar-refractivity contribution in [1.82, 2.24) is 0 Å². The average molecular weight is 226 g/mol. The van der Waals surface area contributed by atoms with Crippen LogP contribution in [0, 0.1) is 5.92 Å². The van der Waals surface area contributed by atoms with Gasteiger partial charge in [-0.2, -0.15) is 0 Å². The predicted molar refractivity (Wildman–Crippen MR) is 67.3 cm³/mol. The first-order valence-corrected chi connectivity index (χ1v) is 6.03. The lowest BCUT2D eigenvalue weighted by Crippen LogP contribution is -2.20. The molecule has 0 heterocycles. The summed E-state index contributed by atoms with van der Waals surface area (Å²) in [7, 11) is 0. The van der Waals surface area contributed by atoms with Gasteiger partial charge in [0.2, 0.25) is 0 Å². The molecule has 1 nitrogen and oxygen atoms in total. The molecule has 0 spiro atoms. The van der Waals surface area contributed by atoms with E-state index >= 15 is 0 Å². The fourth-order valence-corrected chi connectivity index (χ4v) is 2.37. The van der Waals surface area contributed by atoms with Gasteiger partial charge in [-0.3, -0.25) is 0 Å². The summed E-state index contributed by atoms with van der Waals surface area (Å²) in [5.41, 5.74) is 7.04. The van der Waals surface area contributed by atoms with Gasteiger partial charge in [0.25, 0.3) is 0 Å². The van der Waals surface area contributed by atoms with Gasteiger partial charge in [0.15, 0.2) is 0 Å². The molecule has 0 aromatic heterocycles. The van der Waals surface area contributed by atoms with Crippen molar-refractivity contribution in [3.63, 3.8) is 0 Å². The van der Waals surface area contributed by atoms with E-state index in [2.05, 4.69) is 19.9 Å². The molecule has 2 unspecified atom stereocenters. The van der Waals surface area contributed by atoms with Crippen LogP contribution in [-0.2, 0) is 0 Å². The van der Waals surface area contributed by atoms with Gasteiger partial charge in [0.05, 0.1) is 0 Å².